The molecule has 0 radical (unpaired) electrons. The third kappa shape index (κ3) is 2.95. The molecule has 1 fully saturated rings. The van der Waals surface area contributed by atoms with Gasteiger partial charge in [0.15, 0.2) is 0 Å². The summed E-state index contributed by atoms with van der Waals surface area (Å²) in [6.07, 6.45) is 1.33. The van der Waals surface area contributed by atoms with Gasteiger partial charge >= 0.3 is 5.97 Å². The highest BCUT2D eigenvalue weighted by molar-refractivity contribution is 7.89. The minimum atomic E-state index is -3.80. The van der Waals surface area contributed by atoms with Gasteiger partial charge in [-0.3, -0.25) is 0 Å². The van der Waals surface area contributed by atoms with Crippen molar-refractivity contribution in [2.45, 2.75) is 30.3 Å². The van der Waals surface area contributed by atoms with Crippen molar-refractivity contribution in [3.8, 4) is 0 Å². The van der Waals surface area contributed by atoms with E-state index in [-0.39, 0.29) is 23.5 Å². The Morgan fingerprint density at radius 3 is 2.57 bits per heavy atom. The van der Waals surface area contributed by atoms with Crippen molar-refractivity contribution in [2.75, 3.05) is 20.2 Å². The van der Waals surface area contributed by atoms with Crippen LogP contribution >= 0.6 is 0 Å². The predicted molar refractivity (Wildman–Crippen MR) is 76.4 cm³/mol. The van der Waals surface area contributed by atoms with Crippen LogP contribution in [0.25, 0.3) is 0 Å². The Bertz CT molecular complexity index is 635. The fraction of sp³-hybridized carbons (Fsp3) is 0.500. The number of aliphatic hydroxyl groups is 1. The van der Waals surface area contributed by atoms with E-state index in [0.29, 0.717) is 6.42 Å². The number of sulfonamides is 1. The molecule has 1 aliphatic rings. The zero-order valence-electron chi connectivity index (χ0n) is 12.1. The molecule has 1 aromatic carbocycles. The van der Waals surface area contributed by atoms with E-state index in [4.69, 9.17) is 0 Å². The molecule has 7 heteroatoms. The largest absolute Gasteiger partial charge is 0.465 e. The Balaban J connectivity index is 2.29. The molecule has 1 aliphatic heterocycles. The first-order valence-corrected chi connectivity index (χ1v) is 8.18. The minimum Gasteiger partial charge on any atom is -0.465 e. The maximum Gasteiger partial charge on any atom is 0.339 e. The number of hydrogen-bond acceptors (Lipinski definition) is 5. The summed E-state index contributed by atoms with van der Waals surface area (Å²) >= 11 is 0. The summed E-state index contributed by atoms with van der Waals surface area (Å²) in [7, 11) is -2.60. The third-order valence-corrected chi connectivity index (χ3v) is 5.42. The molecule has 116 valence electrons. The highest BCUT2D eigenvalue weighted by Gasteiger charge is 2.47. The van der Waals surface area contributed by atoms with Crippen molar-refractivity contribution in [1.82, 2.24) is 4.31 Å². The van der Waals surface area contributed by atoms with Crippen LogP contribution in [-0.2, 0) is 14.8 Å². The SMILES string of the molecule is CCCC1(O)CN(S(=O)(=O)c2ccccc2C(=O)OC)C1. The van der Waals surface area contributed by atoms with Gasteiger partial charge in [0, 0.05) is 13.1 Å². The lowest BCUT2D eigenvalue weighted by atomic mass is 9.92. The van der Waals surface area contributed by atoms with E-state index in [9.17, 15) is 18.3 Å². The normalized spacial score (nSPS) is 18.0. The van der Waals surface area contributed by atoms with E-state index < -0.39 is 21.6 Å². The second-order valence-electron chi connectivity index (χ2n) is 5.24. The quantitative estimate of drug-likeness (QED) is 0.820. The highest BCUT2D eigenvalue weighted by Crippen LogP contribution is 2.32. The summed E-state index contributed by atoms with van der Waals surface area (Å²) in [5.74, 6) is -0.696. The maximum atomic E-state index is 12.6. The van der Waals surface area contributed by atoms with E-state index in [1.165, 1.54) is 23.5 Å². The minimum absolute atomic E-state index is 0.00549. The van der Waals surface area contributed by atoms with Gasteiger partial charge in [-0.05, 0) is 18.6 Å². The topological polar surface area (TPSA) is 83.9 Å². The summed E-state index contributed by atoms with van der Waals surface area (Å²) in [6, 6.07) is 5.92. The third-order valence-electron chi connectivity index (χ3n) is 3.57. The van der Waals surface area contributed by atoms with Crippen LogP contribution < -0.4 is 0 Å². The standard InChI is InChI=1S/C14H19NO5S/c1-3-8-14(17)9-15(10-14)21(18,19)12-7-5-4-6-11(12)13(16)20-2/h4-7,17H,3,8-10H2,1-2H3. The fourth-order valence-electron chi connectivity index (χ4n) is 2.51. The molecule has 0 amide bonds. The van der Waals surface area contributed by atoms with Gasteiger partial charge in [-0.1, -0.05) is 25.5 Å². The number of carbonyl (C=O) groups is 1. The number of methoxy groups -OCH3 is 1. The molecule has 0 saturated carbocycles. The zero-order chi connectivity index (χ0) is 15.7. The van der Waals surface area contributed by atoms with E-state index in [1.807, 2.05) is 6.92 Å². The second kappa shape index (κ2) is 5.75. The van der Waals surface area contributed by atoms with Crippen LogP contribution in [0.2, 0.25) is 0 Å². The average Bonchev–Trinajstić information content (AvgIpc) is 2.44. The molecule has 0 atom stereocenters. The van der Waals surface area contributed by atoms with Gasteiger partial charge in [-0.15, -0.1) is 0 Å². The lowest BCUT2D eigenvalue weighted by molar-refractivity contribution is -0.0653. The summed E-state index contributed by atoms with van der Waals surface area (Å²) in [4.78, 5) is 11.6. The van der Waals surface area contributed by atoms with Crippen molar-refractivity contribution in [1.29, 1.82) is 0 Å². The number of esters is 1. The molecule has 0 aliphatic carbocycles. The van der Waals surface area contributed by atoms with Gasteiger partial charge in [0.2, 0.25) is 10.0 Å². The lowest BCUT2D eigenvalue weighted by Gasteiger charge is -2.45. The van der Waals surface area contributed by atoms with Crippen LogP contribution in [0.15, 0.2) is 29.2 Å². The lowest BCUT2D eigenvalue weighted by Crippen LogP contribution is -2.63. The van der Waals surface area contributed by atoms with Crippen LogP contribution in [0, 0.1) is 0 Å². The molecule has 21 heavy (non-hydrogen) atoms. The second-order valence-corrected chi connectivity index (χ2v) is 7.14. The average molecular weight is 313 g/mol. The molecule has 0 spiro atoms. The Morgan fingerprint density at radius 1 is 1.38 bits per heavy atom. The molecule has 0 bridgehead atoms. The molecule has 1 heterocycles. The molecule has 1 saturated heterocycles. The van der Waals surface area contributed by atoms with Gasteiger partial charge in [-0.25, -0.2) is 13.2 Å². The molecule has 1 aromatic rings. The Morgan fingerprint density at radius 2 is 2.00 bits per heavy atom. The monoisotopic (exact) mass is 313 g/mol. The van der Waals surface area contributed by atoms with Gasteiger partial charge in [0.05, 0.1) is 23.2 Å². The Kier molecular flexibility index (Phi) is 4.36. The van der Waals surface area contributed by atoms with Crippen LogP contribution in [0.5, 0.6) is 0 Å². The number of ether oxygens (including phenoxy) is 1. The summed E-state index contributed by atoms with van der Waals surface area (Å²) < 4.78 is 30.9. The molecule has 1 N–H and O–H groups in total. The van der Waals surface area contributed by atoms with Gasteiger partial charge in [-0.2, -0.15) is 4.31 Å². The Hall–Kier alpha value is -1.44. The Labute approximate surface area is 124 Å². The van der Waals surface area contributed by atoms with Crippen LogP contribution in [0.4, 0.5) is 0 Å². The molecular weight excluding hydrogens is 294 g/mol. The molecule has 6 nitrogen and oxygen atoms in total. The van der Waals surface area contributed by atoms with Gasteiger partial charge in [0.1, 0.15) is 0 Å². The number of carbonyl (C=O) groups excluding carboxylic acids is 1. The van der Waals surface area contributed by atoms with Crippen LogP contribution in [0.3, 0.4) is 0 Å². The maximum absolute atomic E-state index is 12.6. The smallest absolute Gasteiger partial charge is 0.339 e. The molecule has 0 unspecified atom stereocenters. The van der Waals surface area contributed by atoms with Crippen LogP contribution in [-0.4, -0.2) is 49.6 Å². The zero-order valence-corrected chi connectivity index (χ0v) is 12.9. The van der Waals surface area contributed by atoms with E-state index in [2.05, 4.69) is 4.74 Å². The highest BCUT2D eigenvalue weighted by atomic mass is 32.2. The van der Waals surface area contributed by atoms with E-state index in [0.717, 1.165) is 6.42 Å². The van der Waals surface area contributed by atoms with Crippen molar-refractivity contribution in [3.63, 3.8) is 0 Å². The fourth-order valence-corrected chi connectivity index (χ4v) is 4.29. The van der Waals surface area contributed by atoms with Crippen LogP contribution in [0.1, 0.15) is 30.1 Å². The first kappa shape index (κ1) is 15.9. The van der Waals surface area contributed by atoms with Gasteiger partial charge < -0.3 is 9.84 Å². The summed E-state index contributed by atoms with van der Waals surface area (Å²) in [5.41, 5.74) is -0.951. The predicted octanol–water partition coefficient (Wildman–Crippen LogP) is 1.01. The van der Waals surface area contributed by atoms with E-state index in [1.54, 1.807) is 12.1 Å². The number of rotatable bonds is 5. The number of hydrogen-bond donors (Lipinski definition) is 1. The van der Waals surface area contributed by atoms with E-state index >= 15 is 0 Å². The molecule has 0 aromatic heterocycles. The first-order chi connectivity index (χ1) is 9.84. The summed E-state index contributed by atoms with van der Waals surface area (Å²) in [6.45, 7) is 2.04. The van der Waals surface area contributed by atoms with Crippen molar-refractivity contribution >= 4 is 16.0 Å². The molecule has 2 rings (SSSR count). The van der Waals surface area contributed by atoms with Crippen molar-refractivity contribution in [3.05, 3.63) is 29.8 Å². The first-order valence-electron chi connectivity index (χ1n) is 6.74. The number of nitrogens with zero attached hydrogens (tertiary/aromatic N) is 1. The van der Waals surface area contributed by atoms with Gasteiger partial charge in [0.25, 0.3) is 0 Å². The van der Waals surface area contributed by atoms with Crippen molar-refractivity contribution in [2.24, 2.45) is 0 Å². The molecular formula is C14H19NO5S. The number of β-amino-alcohol motifs (C(OH)–C–C–N with tert-alkyl or cyclic N) is 1. The number of benzene rings is 1. The van der Waals surface area contributed by atoms with Crippen molar-refractivity contribution < 1.29 is 23.1 Å². The summed E-state index contributed by atoms with van der Waals surface area (Å²) in [5, 5.41) is 10.1.